The van der Waals surface area contributed by atoms with Gasteiger partial charge in [-0.05, 0) is 35.7 Å². The Morgan fingerprint density at radius 2 is 2.00 bits per heavy atom. The van der Waals surface area contributed by atoms with Gasteiger partial charge in [0.1, 0.15) is 25.0 Å². The van der Waals surface area contributed by atoms with Crippen molar-refractivity contribution in [1.29, 1.82) is 0 Å². The number of carbonyl (C=O) groups is 2. The number of esters is 1. The molecule has 2 aromatic rings. The Morgan fingerprint density at radius 3 is 2.73 bits per heavy atom. The molecule has 156 valence electrons. The van der Waals surface area contributed by atoms with E-state index in [4.69, 9.17) is 14.3 Å². The zero-order valence-corrected chi connectivity index (χ0v) is 16.8. The summed E-state index contributed by atoms with van der Waals surface area (Å²) in [5, 5.41) is 1.36. The lowest BCUT2D eigenvalue weighted by atomic mass is 9.91. The van der Waals surface area contributed by atoms with Crippen LogP contribution in [0.5, 0.6) is 5.75 Å². The Labute approximate surface area is 175 Å². The summed E-state index contributed by atoms with van der Waals surface area (Å²) in [6, 6.07) is 13.6. The molecule has 2 heterocycles. The lowest BCUT2D eigenvalue weighted by molar-refractivity contribution is -0.149. The SMILES string of the molecule is C=CCOc1ccc2c(c1)C1CN(C(=O)N1OCc1ccccc1)C2C(=O)OCC. The molecule has 2 aromatic carbocycles. The highest BCUT2D eigenvalue weighted by Crippen LogP contribution is 2.45. The molecular formula is C23H24N2O5. The number of carbonyl (C=O) groups excluding carboxylic acids is 2. The molecule has 1 fully saturated rings. The fourth-order valence-corrected chi connectivity index (χ4v) is 3.88. The molecule has 0 N–H and O–H groups in total. The van der Waals surface area contributed by atoms with Crippen molar-refractivity contribution in [2.75, 3.05) is 19.8 Å². The number of rotatable bonds is 8. The fourth-order valence-electron chi connectivity index (χ4n) is 3.88. The molecule has 2 bridgehead atoms. The minimum absolute atomic E-state index is 0.241. The maximum atomic E-state index is 13.1. The number of ether oxygens (including phenoxy) is 2. The summed E-state index contributed by atoms with van der Waals surface area (Å²) >= 11 is 0. The van der Waals surface area contributed by atoms with E-state index >= 15 is 0 Å². The first-order valence-corrected chi connectivity index (χ1v) is 9.95. The van der Waals surface area contributed by atoms with E-state index < -0.39 is 12.0 Å². The largest absolute Gasteiger partial charge is 0.490 e. The van der Waals surface area contributed by atoms with E-state index in [9.17, 15) is 9.59 Å². The minimum Gasteiger partial charge on any atom is -0.490 e. The smallest absolute Gasteiger partial charge is 0.345 e. The Bertz CT molecular complexity index is 946. The van der Waals surface area contributed by atoms with E-state index in [1.807, 2.05) is 42.5 Å². The van der Waals surface area contributed by atoms with E-state index in [-0.39, 0.29) is 25.3 Å². The van der Waals surface area contributed by atoms with Crippen LogP contribution >= 0.6 is 0 Å². The van der Waals surface area contributed by atoms with Crippen LogP contribution in [0.1, 0.15) is 35.7 Å². The summed E-state index contributed by atoms with van der Waals surface area (Å²) in [5.41, 5.74) is 2.51. The van der Waals surface area contributed by atoms with Gasteiger partial charge in [-0.2, -0.15) is 5.06 Å². The van der Waals surface area contributed by atoms with Crippen LogP contribution in [0.2, 0.25) is 0 Å². The molecule has 0 aliphatic carbocycles. The highest BCUT2D eigenvalue weighted by Gasteiger charge is 2.51. The van der Waals surface area contributed by atoms with Crippen LogP contribution in [0, 0.1) is 0 Å². The lowest BCUT2D eigenvalue weighted by Gasteiger charge is -2.31. The monoisotopic (exact) mass is 408 g/mol. The molecule has 7 heteroatoms. The van der Waals surface area contributed by atoms with Gasteiger partial charge < -0.3 is 14.4 Å². The Morgan fingerprint density at radius 1 is 1.20 bits per heavy atom. The van der Waals surface area contributed by atoms with E-state index in [0.29, 0.717) is 18.9 Å². The second kappa shape index (κ2) is 8.59. The molecule has 30 heavy (non-hydrogen) atoms. The normalized spacial score (nSPS) is 19.4. The van der Waals surface area contributed by atoms with Crippen LogP contribution in [0.3, 0.4) is 0 Å². The van der Waals surface area contributed by atoms with Crippen molar-refractivity contribution in [2.45, 2.75) is 25.6 Å². The molecule has 0 radical (unpaired) electrons. The predicted molar refractivity (Wildman–Crippen MR) is 109 cm³/mol. The van der Waals surface area contributed by atoms with E-state index in [1.165, 1.54) is 9.96 Å². The fraction of sp³-hybridized carbons (Fsp3) is 0.304. The van der Waals surface area contributed by atoms with Gasteiger partial charge in [-0.3, -0.25) is 4.84 Å². The molecule has 2 unspecified atom stereocenters. The van der Waals surface area contributed by atoms with Gasteiger partial charge >= 0.3 is 12.0 Å². The van der Waals surface area contributed by atoms with Crippen molar-refractivity contribution in [2.24, 2.45) is 0 Å². The Kier molecular flexibility index (Phi) is 5.72. The minimum atomic E-state index is -0.803. The molecular weight excluding hydrogens is 384 g/mol. The van der Waals surface area contributed by atoms with Gasteiger partial charge in [0.2, 0.25) is 0 Å². The average molecular weight is 408 g/mol. The molecule has 7 nitrogen and oxygen atoms in total. The molecule has 4 rings (SSSR count). The van der Waals surface area contributed by atoms with Gasteiger partial charge in [-0.25, -0.2) is 9.59 Å². The van der Waals surface area contributed by atoms with Crippen molar-refractivity contribution < 1.29 is 23.9 Å². The highest BCUT2D eigenvalue weighted by molar-refractivity contribution is 5.88. The summed E-state index contributed by atoms with van der Waals surface area (Å²) in [6.45, 7) is 6.62. The zero-order chi connectivity index (χ0) is 21.1. The maximum absolute atomic E-state index is 13.1. The highest BCUT2D eigenvalue weighted by atomic mass is 16.7. The first-order chi connectivity index (χ1) is 14.6. The molecule has 1 saturated heterocycles. The van der Waals surface area contributed by atoms with Gasteiger partial charge in [-0.1, -0.05) is 49.1 Å². The van der Waals surface area contributed by atoms with Crippen LogP contribution in [0.4, 0.5) is 4.79 Å². The summed E-state index contributed by atoms with van der Waals surface area (Å²) in [5.74, 6) is 0.197. The van der Waals surface area contributed by atoms with Crippen LogP contribution < -0.4 is 4.74 Å². The van der Waals surface area contributed by atoms with Gasteiger partial charge in [0.25, 0.3) is 0 Å². The van der Waals surface area contributed by atoms with Gasteiger partial charge in [0, 0.05) is 0 Å². The van der Waals surface area contributed by atoms with Crippen LogP contribution in [0.15, 0.2) is 61.2 Å². The average Bonchev–Trinajstić information content (AvgIpc) is 3.04. The second-order valence-corrected chi connectivity index (χ2v) is 7.08. The molecule has 0 aromatic heterocycles. The quantitative estimate of drug-likeness (QED) is 0.491. The number of fused-ring (bicyclic) bond motifs is 4. The van der Waals surface area contributed by atoms with Crippen molar-refractivity contribution >= 4 is 12.0 Å². The maximum Gasteiger partial charge on any atom is 0.345 e. The summed E-state index contributed by atoms with van der Waals surface area (Å²) in [7, 11) is 0. The Balaban J connectivity index is 1.67. The number of hydrogen-bond donors (Lipinski definition) is 0. The van der Waals surface area contributed by atoms with E-state index in [1.54, 1.807) is 19.1 Å². The standard InChI is InChI=1S/C23H24N2O5/c1-3-12-29-17-10-11-18-19(13-17)20-14-24(21(18)22(26)28-4-2)23(27)25(20)30-15-16-8-6-5-7-9-16/h3,5-11,13,20-21H,1,4,12,14-15H2,2H3. The van der Waals surface area contributed by atoms with Crippen LogP contribution in [-0.2, 0) is 21.0 Å². The van der Waals surface area contributed by atoms with Crippen molar-refractivity contribution in [3.05, 3.63) is 77.9 Å². The number of urea groups is 1. The summed E-state index contributed by atoms with van der Waals surface area (Å²) < 4.78 is 10.9. The van der Waals surface area contributed by atoms with Crippen molar-refractivity contribution in [1.82, 2.24) is 9.96 Å². The van der Waals surface area contributed by atoms with Crippen LogP contribution in [-0.4, -0.2) is 41.7 Å². The van der Waals surface area contributed by atoms with Crippen molar-refractivity contribution in [3.8, 4) is 5.75 Å². The van der Waals surface area contributed by atoms with Gasteiger partial charge in [0.15, 0.2) is 6.04 Å². The summed E-state index contributed by atoms with van der Waals surface area (Å²) in [6.07, 6.45) is 1.66. The van der Waals surface area contributed by atoms with E-state index in [2.05, 4.69) is 6.58 Å². The number of benzene rings is 2. The van der Waals surface area contributed by atoms with Gasteiger partial charge in [0.05, 0.1) is 13.2 Å². The molecule has 0 saturated carbocycles. The molecule has 2 aliphatic rings. The predicted octanol–water partition coefficient (Wildman–Crippen LogP) is 3.78. The molecule has 2 aliphatic heterocycles. The second-order valence-electron chi connectivity index (χ2n) is 7.08. The third-order valence-corrected chi connectivity index (χ3v) is 5.20. The first-order valence-electron chi connectivity index (χ1n) is 9.95. The number of amides is 2. The molecule has 2 amide bonds. The zero-order valence-electron chi connectivity index (χ0n) is 16.8. The third-order valence-electron chi connectivity index (χ3n) is 5.20. The summed E-state index contributed by atoms with van der Waals surface area (Å²) in [4.78, 5) is 33.3. The lowest BCUT2D eigenvalue weighted by Crippen LogP contribution is -2.39. The van der Waals surface area contributed by atoms with Crippen molar-refractivity contribution in [3.63, 3.8) is 0 Å². The Hall–Kier alpha value is -3.32. The third kappa shape index (κ3) is 3.64. The molecule has 0 spiro atoms. The van der Waals surface area contributed by atoms with E-state index in [0.717, 1.165) is 16.7 Å². The number of nitrogens with zero attached hydrogens (tertiary/aromatic N) is 2. The first kappa shape index (κ1) is 20.0. The number of hydroxylamine groups is 2. The topological polar surface area (TPSA) is 68.3 Å². The van der Waals surface area contributed by atoms with Crippen LogP contribution in [0.25, 0.3) is 0 Å². The molecule has 2 atom stereocenters. The number of hydrogen-bond acceptors (Lipinski definition) is 5. The van der Waals surface area contributed by atoms with Gasteiger partial charge in [-0.15, -0.1) is 0 Å².